The van der Waals surface area contributed by atoms with Crippen LogP contribution in [-0.2, 0) is 17.9 Å². The summed E-state index contributed by atoms with van der Waals surface area (Å²) in [4.78, 5) is 14.0. The first kappa shape index (κ1) is 21.9. The quantitative estimate of drug-likeness (QED) is 0.533. The number of nitrogens with one attached hydrogen (secondary N) is 1. The molecule has 158 valence electrons. The van der Waals surface area contributed by atoms with E-state index in [0.29, 0.717) is 31.0 Å². The molecule has 1 aromatic heterocycles. The molecule has 7 heteroatoms. The Bertz CT molecular complexity index is 1040. The average molecular weight is 424 g/mol. The Kier molecular flexibility index (Phi) is 7.54. The second-order valence-electron chi connectivity index (χ2n) is 7.54. The maximum absolute atomic E-state index is 12.0. The highest BCUT2D eigenvalue weighted by Gasteiger charge is 2.15. The van der Waals surface area contributed by atoms with E-state index in [-0.39, 0.29) is 5.91 Å². The van der Waals surface area contributed by atoms with Gasteiger partial charge in [0.2, 0.25) is 10.7 Å². The molecule has 0 saturated carbocycles. The van der Waals surface area contributed by atoms with Gasteiger partial charge in [-0.1, -0.05) is 49.4 Å². The molecular formula is C23H29N5OS. The van der Waals surface area contributed by atoms with Crippen molar-refractivity contribution in [2.75, 3.05) is 20.1 Å². The maximum atomic E-state index is 12.0. The third kappa shape index (κ3) is 5.64. The van der Waals surface area contributed by atoms with Crippen molar-refractivity contribution in [1.82, 2.24) is 24.6 Å². The number of hydrogen-bond donors (Lipinski definition) is 1. The molecule has 3 aromatic rings. The molecule has 30 heavy (non-hydrogen) atoms. The normalized spacial score (nSPS) is 11.1. The van der Waals surface area contributed by atoms with E-state index in [0.717, 1.165) is 23.5 Å². The number of hydrogen-bond acceptors (Lipinski definition) is 4. The Morgan fingerprint density at radius 2 is 1.93 bits per heavy atom. The van der Waals surface area contributed by atoms with Crippen LogP contribution in [0.4, 0.5) is 0 Å². The van der Waals surface area contributed by atoms with Crippen LogP contribution < -0.4 is 5.32 Å². The zero-order valence-corrected chi connectivity index (χ0v) is 18.7. The summed E-state index contributed by atoms with van der Waals surface area (Å²) in [6.45, 7) is 5.54. The molecule has 0 aliphatic carbocycles. The highest BCUT2D eigenvalue weighted by atomic mass is 32.1. The molecule has 0 radical (unpaired) electrons. The molecule has 1 heterocycles. The van der Waals surface area contributed by atoms with Crippen molar-refractivity contribution in [2.45, 2.75) is 33.4 Å². The molecule has 0 atom stereocenters. The van der Waals surface area contributed by atoms with Crippen LogP contribution in [0.25, 0.3) is 5.69 Å². The summed E-state index contributed by atoms with van der Waals surface area (Å²) in [5.74, 6) is 0.883. The summed E-state index contributed by atoms with van der Waals surface area (Å²) in [7, 11) is 1.90. The Morgan fingerprint density at radius 3 is 2.63 bits per heavy atom. The molecule has 1 amide bonds. The van der Waals surface area contributed by atoms with Gasteiger partial charge < -0.3 is 5.32 Å². The minimum atomic E-state index is 0.00787. The Hall–Kier alpha value is -2.77. The lowest BCUT2D eigenvalue weighted by Crippen LogP contribution is -2.36. The van der Waals surface area contributed by atoms with Gasteiger partial charge in [0.05, 0.1) is 13.2 Å². The van der Waals surface area contributed by atoms with E-state index < -0.39 is 0 Å². The second kappa shape index (κ2) is 10.3. The number of likely N-dealkylation sites (N-methyl/N-ethyl adjacent to an activating group) is 1. The molecule has 0 unspecified atom stereocenters. The van der Waals surface area contributed by atoms with Gasteiger partial charge >= 0.3 is 0 Å². The summed E-state index contributed by atoms with van der Waals surface area (Å²) >= 11 is 5.79. The zero-order chi connectivity index (χ0) is 21.5. The van der Waals surface area contributed by atoms with Crippen LogP contribution in [0.2, 0.25) is 0 Å². The smallest absolute Gasteiger partial charge is 0.234 e. The molecule has 0 saturated heterocycles. The van der Waals surface area contributed by atoms with Gasteiger partial charge in [0.25, 0.3) is 0 Å². The molecule has 1 N–H and O–H groups in total. The largest absolute Gasteiger partial charge is 0.355 e. The minimum Gasteiger partial charge on any atom is -0.355 e. The summed E-state index contributed by atoms with van der Waals surface area (Å²) in [5.41, 5.74) is 3.34. The number of nitrogens with zero attached hydrogens (tertiary/aromatic N) is 4. The van der Waals surface area contributed by atoms with Crippen LogP contribution in [0.15, 0.2) is 54.6 Å². The van der Waals surface area contributed by atoms with Gasteiger partial charge in [-0.15, -0.1) is 0 Å². The maximum Gasteiger partial charge on any atom is 0.234 e. The first-order valence-electron chi connectivity index (χ1n) is 10.2. The lowest BCUT2D eigenvalue weighted by atomic mass is 10.1. The molecule has 0 bridgehead atoms. The SMILES string of the molecule is CCCNC(=O)CN(C)Cn1nc(Cc2ccccc2)n(-c2cccc(C)c2)c1=S. The van der Waals surface area contributed by atoms with Gasteiger partial charge in [0.15, 0.2) is 0 Å². The first-order valence-corrected chi connectivity index (χ1v) is 10.6. The van der Waals surface area contributed by atoms with E-state index in [1.165, 1.54) is 5.56 Å². The summed E-state index contributed by atoms with van der Waals surface area (Å²) in [6, 6.07) is 18.5. The van der Waals surface area contributed by atoms with Gasteiger partial charge in [-0.05, 0) is 55.9 Å². The van der Waals surface area contributed by atoms with Crippen molar-refractivity contribution >= 4 is 18.1 Å². The molecule has 0 spiro atoms. The van der Waals surface area contributed by atoms with Crippen molar-refractivity contribution in [3.63, 3.8) is 0 Å². The number of carbonyl (C=O) groups is 1. The minimum absolute atomic E-state index is 0.00787. The number of rotatable bonds is 9. The molecular weight excluding hydrogens is 394 g/mol. The predicted octanol–water partition coefficient (Wildman–Crippen LogP) is 3.72. The van der Waals surface area contributed by atoms with Crippen molar-refractivity contribution in [3.8, 4) is 5.69 Å². The van der Waals surface area contributed by atoms with Gasteiger partial charge in [-0.25, -0.2) is 4.68 Å². The van der Waals surface area contributed by atoms with Crippen molar-refractivity contribution < 1.29 is 4.79 Å². The van der Waals surface area contributed by atoms with Crippen LogP contribution in [0, 0.1) is 11.7 Å². The Balaban J connectivity index is 1.90. The lowest BCUT2D eigenvalue weighted by molar-refractivity contribution is -0.122. The number of carbonyl (C=O) groups excluding carboxylic acids is 1. The lowest BCUT2D eigenvalue weighted by Gasteiger charge is -2.15. The van der Waals surface area contributed by atoms with Gasteiger partial charge in [-0.3, -0.25) is 14.3 Å². The number of aryl methyl sites for hydroxylation is 1. The van der Waals surface area contributed by atoms with E-state index in [1.54, 1.807) is 4.68 Å². The Labute approximate surface area is 183 Å². The van der Waals surface area contributed by atoms with Crippen LogP contribution in [0.5, 0.6) is 0 Å². The molecule has 6 nitrogen and oxygen atoms in total. The fraction of sp³-hybridized carbons (Fsp3) is 0.348. The highest BCUT2D eigenvalue weighted by Crippen LogP contribution is 2.17. The third-order valence-electron chi connectivity index (χ3n) is 4.73. The van der Waals surface area contributed by atoms with Gasteiger partial charge in [0.1, 0.15) is 5.82 Å². The molecule has 0 aliphatic rings. The van der Waals surface area contributed by atoms with E-state index >= 15 is 0 Å². The van der Waals surface area contributed by atoms with Crippen LogP contribution in [0.1, 0.15) is 30.3 Å². The van der Waals surface area contributed by atoms with Gasteiger partial charge in [0, 0.05) is 18.7 Å². The van der Waals surface area contributed by atoms with Crippen LogP contribution >= 0.6 is 12.2 Å². The van der Waals surface area contributed by atoms with Crippen LogP contribution in [0.3, 0.4) is 0 Å². The monoisotopic (exact) mass is 423 g/mol. The molecule has 0 aliphatic heterocycles. The van der Waals surface area contributed by atoms with Crippen molar-refractivity contribution in [2.24, 2.45) is 0 Å². The number of benzene rings is 2. The molecule has 3 rings (SSSR count). The number of aromatic nitrogens is 3. The summed E-state index contributed by atoms with van der Waals surface area (Å²) in [5, 5.41) is 7.73. The standard InChI is InChI=1S/C23H29N5OS/c1-4-13-24-22(29)16-26(3)17-27-23(30)28(20-12-8-9-18(2)14-20)21(25-27)15-19-10-6-5-7-11-19/h5-12,14H,4,13,15-17H2,1-3H3,(H,24,29). The number of amides is 1. The van der Waals surface area contributed by atoms with E-state index in [4.69, 9.17) is 17.3 Å². The van der Waals surface area contributed by atoms with Crippen molar-refractivity contribution in [3.05, 3.63) is 76.3 Å². The van der Waals surface area contributed by atoms with Gasteiger partial charge in [-0.2, -0.15) is 5.10 Å². The average Bonchev–Trinajstić information content (AvgIpc) is 3.01. The highest BCUT2D eigenvalue weighted by molar-refractivity contribution is 7.71. The second-order valence-corrected chi connectivity index (χ2v) is 7.91. The first-order chi connectivity index (χ1) is 14.5. The van der Waals surface area contributed by atoms with E-state index in [9.17, 15) is 4.79 Å². The fourth-order valence-corrected chi connectivity index (χ4v) is 3.62. The van der Waals surface area contributed by atoms with Crippen molar-refractivity contribution in [1.29, 1.82) is 0 Å². The summed E-state index contributed by atoms with van der Waals surface area (Å²) in [6.07, 6.45) is 1.59. The predicted molar refractivity (Wildman–Crippen MR) is 122 cm³/mol. The zero-order valence-electron chi connectivity index (χ0n) is 17.8. The van der Waals surface area contributed by atoms with E-state index in [1.807, 2.05) is 53.8 Å². The molecule has 0 fully saturated rings. The fourth-order valence-electron chi connectivity index (χ4n) is 3.31. The van der Waals surface area contributed by atoms with Crippen LogP contribution in [-0.4, -0.2) is 45.3 Å². The Morgan fingerprint density at radius 1 is 1.17 bits per heavy atom. The topological polar surface area (TPSA) is 55.1 Å². The molecule has 2 aromatic carbocycles. The summed E-state index contributed by atoms with van der Waals surface area (Å²) < 4.78 is 4.44. The van der Waals surface area contributed by atoms with E-state index in [2.05, 4.69) is 36.5 Å². The third-order valence-corrected chi connectivity index (χ3v) is 5.13.